The molecule has 0 aliphatic heterocycles. The number of phenols is 4. The Balaban J connectivity index is 2.44. The number of hydrogen-bond donors (Lipinski definition) is 6. The average molecular weight is 354 g/mol. The monoisotopic (exact) mass is 354 g/mol. The molecule has 9 heteroatoms. The van der Waals surface area contributed by atoms with Crippen LogP contribution in [0.25, 0.3) is 0 Å². The number of carbonyl (C=O) groups is 1. The first-order chi connectivity index (χ1) is 11.1. The van der Waals surface area contributed by atoms with Crippen molar-refractivity contribution in [3.05, 3.63) is 47.5 Å². The van der Waals surface area contributed by atoms with Gasteiger partial charge in [0, 0.05) is 12.1 Å². The summed E-state index contributed by atoms with van der Waals surface area (Å²) in [4.78, 5) is 31.5. The van der Waals surface area contributed by atoms with Gasteiger partial charge in [0.05, 0.1) is 0 Å². The van der Waals surface area contributed by atoms with Crippen LogP contribution in [-0.2, 0) is 11.0 Å². The van der Waals surface area contributed by atoms with Gasteiger partial charge in [-0.3, -0.25) is 9.36 Å². The fraction of sp³-hybridized carbons (Fsp3) is 0.133. The van der Waals surface area contributed by atoms with E-state index in [0.717, 1.165) is 12.1 Å². The molecular weight excluding hydrogens is 339 g/mol. The van der Waals surface area contributed by atoms with E-state index in [1.54, 1.807) is 0 Å². The van der Waals surface area contributed by atoms with E-state index < -0.39 is 41.8 Å². The molecule has 0 radical (unpaired) electrons. The third-order valence-electron chi connectivity index (χ3n) is 3.40. The molecule has 0 fully saturated rings. The van der Waals surface area contributed by atoms with Gasteiger partial charge in [-0.05, 0) is 24.1 Å². The van der Waals surface area contributed by atoms with E-state index in [1.807, 2.05) is 0 Å². The van der Waals surface area contributed by atoms with Crippen molar-refractivity contribution < 1.29 is 39.6 Å². The molecule has 1 unspecified atom stereocenters. The lowest BCUT2D eigenvalue weighted by atomic mass is 10.0. The summed E-state index contributed by atoms with van der Waals surface area (Å²) in [5, 5.41) is 37.9. The van der Waals surface area contributed by atoms with Gasteiger partial charge in [-0.15, -0.1) is 0 Å². The normalized spacial score (nSPS) is 12.8. The minimum Gasteiger partial charge on any atom is -0.508 e. The van der Waals surface area contributed by atoms with Gasteiger partial charge in [-0.25, -0.2) is 0 Å². The second-order valence-electron chi connectivity index (χ2n) is 5.20. The summed E-state index contributed by atoms with van der Waals surface area (Å²) in [5.74, 6) is -3.30. The SMILES string of the molecule is O=C(c1c(O)cc(O)cc1O)C(Cc1ccc(O)cc1)P(=O)(O)O. The van der Waals surface area contributed by atoms with Crippen LogP contribution in [0.2, 0.25) is 0 Å². The molecule has 128 valence electrons. The van der Waals surface area contributed by atoms with E-state index in [0.29, 0.717) is 5.56 Å². The summed E-state index contributed by atoms with van der Waals surface area (Å²) in [6, 6.07) is 6.94. The van der Waals surface area contributed by atoms with Crippen LogP contribution in [0.4, 0.5) is 0 Å². The molecule has 0 saturated heterocycles. The summed E-state index contributed by atoms with van der Waals surface area (Å²) in [6.07, 6.45) is -0.372. The largest absolute Gasteiger partial charge is 0.508 e. The van der Waals surface area contributed by atoms with Gasteiger partial charge in [0.15, 0.2) is 5.78 Å². The molecule has 0 bridgehead atoms. The van der Waals surface area contributed by atoms with Crippen molar-refractivity contribution in [3.63, 3.8) is 0 Å². The number of benzene rings is 2. The van der Waals surface area contributed by atoms with Crippen LogP contribution in [0.5, 0.6) is 23.0 Å². The Morgan fingerprint density at radius 3 is 1.88 bits per heavy atom. The number of phenolic OH excluding ortho intramolecular Hbond substituents is 4. The van der Waals surface area contributed by atoms with Gasteiger partial charge in [0.25, 0.3) is 0 Å². The van der Waals surface area contributed by atoms with Crippen molar-refractivity contribution in [2.75, 3.05) is 0 Å². The van der Waals surface area contributed by atoms with Gasteiger partial charge >= 0.3 is 7.60 Å². The zero-order valence-corrected chi connectivity index (χ0v) is 13.1. The van der Waals surface area contributed by atoms with E-state index in [9.17, 15) is 39.6 Å². The predicted molar refractivity (Wildman–Crippen MR) is 83.4 cm³/mol. The third kappa shape index (κ3) is 3.86. The molecule has 0 amide bonds. The first-order valence-electron chi connectivity index (χ1n) is 6.72. The topological polar surface area (TPSA) is 156 Å². The molecule has 0 aromatic heterocycles. The minimum atomic E-state index is -4.92. The molecule has 8 nitrogen and oxygen atoms in total. The van der Waals surface area contributed by atoms with Crippen LogP contribution in [0, 0.1) is 0 Å². The number of rotatable bonds is 5. The van der Waals surface area contributed by atoms with E-state index >= 15 is 0 Å². The molecule has 0 aliphatic rings. The van der Waals surface area contributed by atoms with Crippen molar-refractivity contribution in [1.29, 1.82) is 0 Å². The van der Waals surface area contributed by atoms with Crippen LogP contribution in [0.15, 0.2) is 36.4 Å². The highest BCUT2D eigenvalue weighted by Crippen LogP contribution is 2.46. The van der Waals surface area contributed by atoms with Crippen LogP contribution >= 0.6 is 7.60 Å². The van der Waals surface area contributed by atoms with Crippen LogP contribution in [0.3, 0.4) is 0 Å². The average Bonchev–Trinajstić information content (AvgIpc) is 2.44. The predicted octanol–water partition coefficient (Wildman–Crippen LogP) is 1.48. The first kappa shape index (κ1) is 17.8. The van der Waals surface area contributed by atoms with Crippen molar-refractivity contribution in [2.45, 2.75) is 12.1 Å². The molecule has 0 saturated carbocycles. The highest BCUT2D eigenvalue weighted by Gasteiger charge is 2.38. The maximum atomic E-state index is 12.5. The smallest absolute Gasteiger partial charge is 0.336 e. The fourth-order valence-electron chi connectivity index (χ4n) is 2.24. The van der Waals surface area contributed by atoms with Gasteiger partial charge in [-0.1, -0.05) is 12.1 Å². The standard InChI is InChI=1S/C15H15O8P/c16-9-3-1-8(2-4-9)5-13(24(21,22)23)15(20)14-11(18)6-10(17)7-12(14)19/h1-4,6-7,13,16-19H,5H2,(H2,21,22,23). The van der Waals surface area contributed by atoms with Crippen molar-refractivity contribution >= 4 is 13.4 Å². The lowest BCUT2D eigenvalue weighted by Gasteiger charge is -2.18. The Hall–Kier alpha value is -2.54. The second-order valence-corrected chi connectivity index (χ2v) is 7.00. The number of hydrogen-bond acceptors (Lipinski definition) is 6. The van der Waals surface area contributed by atoms with Crippen LogP contribution in [-0.4, -0.2) is 41.7 Å². The number of ketones is 1. The van der Waals surface area contributed by atoms with E-state index in [1.165, 1.54) is 24.3 Å². The van der Waals surface area contributed by atoms with Gasteiger partial charge < -0.3 is 30.2 Å². The maximum Gasteiger partial charge on any atom is 0.336 e. The Morgan fingerprint density at radius 2 is 1.42 bits per heavy atom. The van der Waals surface area contributed by atoms with Crippen molar-refractivity contribution in [3.8, 4) is 23.0 Å². The number of carbonyl (C=O) groups excluding carboxylic acids is 1. The van der Waals surface area contributed by atoms with Crippen molar-refractivity contribution in [2.24, 2.45) is 0 Å². The molecule has 0 spiro atoms. The Kier molecular flexibility index (Phi) is 4.84. The lowest BCUT2D eigenvalue weighted by molar-refractivity contribution is 0.0972. The van der Waals surface area contributed by atoms with Crippen LogP contribution < -0.4 is 0 Å². The molecule has 2 aromatic rings. The molecule has 1 atom stereocenters. The Bertz CT molecular complexity index is 786. The summed E-state index contributed by atoms with van der Waals surface area (Å²) in [7, 11) is -4.92. The summed E-state index contributed by atoms with van der Waals surface area (Å²) in [5.41, 5.74) is -2.16. The molecule has 2 rings (SSSR count). The minimum absolute atomic E-state index is 0.0494. The highest BCUT2D eigenvalue weighted by molar-refractivity contribution is 7.53. The molecule has 24 heavy (non-hydrogen) atoms. The molecular formula is C15H15O8P. The lowest BCUT2D eigenvalue weighted by Crippen LogP contribution is -2.24. The van der Waals surface area contributed by atoms with Crippen molar-refractivity contribution in [1.82, 2.24) is 0 Å². The maximum absolute atomic E-state index is 12.5. The molecule has 0 heterocycles. The van der Waals surface area contributed by atoms with E-state index in [-0.39, 0.29) is 12.2 Å². The molecule has 0 aliphatic carbocycles. The first-order valence-corrected chi connectivity index (χ1v) is 8.40. The van der Waals surface area contributed by atoms with Gasteiger partial charge in [0.1, 0.15) is 34.2 Å². The van der Waals surface area contributed by atoms with Gasteiger partial charge in [0.2, 0.25) is 0 Å². The Labute approximate surface area is 136 Å². The van der Waals surface area contributed by atoms with Crippen LogP contribution in [0.1, 0.15) is 15.9 Å². The molecule has 6 N–H and O–H groups in total. The fourth-order valence-corrected chi connectivity index (χ4v) is 3.12. The summed E-state index contributed by atoms with van der Waals surface area (Å²) >= 11 is 0. The van der Waals surface area contributed by atoms with E-state index in [2.05, 4.69) is 0 Å². The summed E-state index contributed by atoms with van der Waals surface area (Å²) in [6.45, 7) is 0. The second kappa shape index (κ2) is 6.52. The number of Topliss-reactive ketones (excluding diaryl/α,β-unsaturated/α-hetero) is 1. The Morgan fingerprint density at radius 1 is 0.917 bits per heavy atom. The quantitative estimate of drug-likeness (QED) is 0.348. The molecule has 2 aromatic carbocycles. The number of aromatic hydroxyl groups is 4. The summed E-state index contributed by atoms with van der Waals surface area (Å²) < 4.78 is 11.7. The zero-order chi connectivity index (χ0) is 18.1. The van der Waals surface area contributed by atoms with Gasteiger partial charge in [-0.2, -0.15) is 0 Å². The third-order valence-corrected chi connectivity index (χ3v) is 4.63. The zero-order valence-electron chi connectivity index (χ0n) is 12.2. The van der Waals surface area contributed by atoms with E-state index in [4.69, 9.17) is 0 Å². The highest BCUT2D eigenvalue weighted by atomic mass is 31.2.